The summed E-state index contributed by atoms with van der Waals surface area (Å²) in [7, 11) is -1.40. The van der Waals surface area contributed by atoms with Crippen LogP contribution in [-0.2, 0) is 28.7 Å². The van der Waals surface area contributed by atoms with Crippen LogP contribution in [0.4, 0.5) is 37.7 Å². The highest BCUT2D eigenvalue weighted by molar-refractivity contribution is 8.13. The maximum atomic E-state index is 11.9. The summed E-state index contributed by atoms with van der Waals surface area (Å²) >= 11 is 0. The van der Waals surface area contributed by atoms with Gasteiger partial charge in [-0.15, -0.1) is 0 Å². The Morgan fingerprint density at radius 1 is 0.641 bits per heavy atom. The number of carbonyl (C=O) groups is 2. The highest BCUT2D eigenvalue weighted by Gasteiger charge is 2.39. The molecule has 0 fully saturated rings. The largest absolute Gasteiger partial charge is 0.471 e. The number of rotatable bonds is 5. The quantitative estimate of drug-likeness (QED) is 0.305. The first-order valence-electron chi connectivity index (χ1n) is 10.6. The summed E-state index contributed by atoms with van der Waals surface area (Å²) in [6.45, 7) is 8.00. The van der Waals surface area contributed by atoms with Crippen molar-refractivity contribution in [2.45, 2.75) is 49.8 Å². The molecular formula is C21H26ClF6N3O6S2. The van der Waals surface area contributed by atoms with Crippen molar-refractivity contribution in [2.75, 3.05) is 17.7 Å². The molecule has 222 valence electrons. The molecule has 2 rings (SSSR count). The smallest absolute Gasteiger partial charge is 0.318 e. The Morgan fingerprint density at radius 3 is 1.15 bits per heavy atom. The summed E-state index contributed by atoms with van der Waals surface area (Å²) in [6.07, 6.45) is -9.99. The van der Waals surface area contributed by atoms with Crippen LogP contribution in [0.1, 0.15) is 27.7 Å². The Hall–Kier alpha value is -2.89. The second-order valence-electron chi connectivity index (χ2n) is 6.10. The van der Waals surface area contributed by atoms with Crippen LogP contribution in [0.25, 0.3) is 0 Å². The Balaban J connectivity index is 0. The molecule has 0 aliphatic heterocycles. The molecule has 0 spiro atoms. The maximum Gasteiger partial charge on any atom is 0.471 e. The first-order valence-corrected chi connectivity index (χ1v) is 14.4. The van der Waals surface area contributed by atoms with E-state index in [1.54, 1.807) is 10.6 Å². The summed E-state index contributed by atoms with van der Waals surface area (Å²) in [5, 5.41) is 3.16. The zero-order chi connectivity index (χ0) is 31.2. The summed E-state index contributed by atoms with van der Waals surface area (Å²) in [4.78, 5) is 20.8. The third kappa shape index (κ3) is 14.2. The zero-order valence-corrected chi connectivity index (χ0v) is 23.4. The van der Waals surface area contributed by atoms with Gasteiger partial charge >= 0.3 is 24.2 Å². The lowest BCUT2D eigenvalue weighted by atomic mass is 10.3. The molecular weight excluding hydrogens is 604 g/mol. The van der Waals surface area contributed by atoms with Gasteiger partial charge in [-0.3, -0.25) is 9.59 Å². The summed E-state index contributed by atoms with van der Waals surface area (Å²) in [5.41, 5.74) is -0.330. The highest BCUT2D eigenvalue weighted by atomic mass is 35.7. The van der Waals surface area contributed by atoms with Gasteiger partial charge in [0.15, 0.2) is 0 Å². The van der Waals surface area contributed by atoms with Crippen molar-refractivity contribution < 1.29 is 52.8 Å². The lowest BCUT2D eigenvalue weighted by molar-refractivity contribution is -0.167. The molecule has 0 aromatic heterocycles. The van der Waals surface area contributed by atoms with Crippen LogP contribution in [0.15, 0.2) is 58.3 Å². The lowest BCUT2D eigenvalue weighted by Gasteiger charge is -2.08. The van der Waals surface area contributed by atoms with E-state index in [0.29, 0.717) is 0 Å². The second kappa shape index (κ2) is 16.3. The molecule has 0 atom stereocenters. The summed E-state index contributed by atoms with van der Waals surface area (Å²) in [6, 6.07) is 8.25. The molecule has 0 saturated carbocycles. The van der Waals surface area contributed by atoms with E-state index in [1.807, 2.05) is 32.4 Å². The number of nitrogens with one attached hydrogen (secondary N) is 3. The monoisotopic (exact) mass is 629 g/mol. The van der Waals surface area contributed by atoms with E-state index in [0.717, 1.165) is 48.5 Å². The fraction of sp³-hybridized carbons (Fsp3) is 0.333. The van der Waals surface area contributed by atoms with E-state index >= 15 is 0 Å². The number of amides is 2. The van der Waals surface area contributed by atoms with Crippen LogP contribution in [-0.4, -0.2) is 48.1 Å². The molecule has 3 N–H and O–H groups in total. The minimum atomic E-state index is -5.00. The average molecular weight is 630 g/mol. The van der Waals surface area contributed by atoms with Gasteiger partial charge in [0, 0.05) is 22.1 Å². The number of alkyl halides is 6. The van der Waals surface area contributed by atoms with Crippen LogP contribution >= 0.6 is 10.7 Å². The van der Waals surface area contributed by atoms with E-state index in [-0.39, 0.29) is 21.2 Å². The first kappa shape index (κ1) is 38.3. The van der Waals surface area contributed by atoms with Crippen LogP contribution in [0.3, 0.4) is 0 Å². The van der Waals surface area contributed by atoms with Crippen molar-refractivity contribution in [1.82, 2.24) is 4.72 Å². The number of anilines is 2. The topological polar surface area (TPSA) is 139 Å². The maximum absolute atomic E-state index is 11.9. The van der Waals surface area contributed by atoms with Crippen LogP contribution in [0, 0.1) is 0 Å². The predicted octanol–water partition coefficient (Wildman–Crippen LogP) is 5.26. The van der Waals surface area contributed by atoms with E-state index in [4.69, 9.17) is 10.7 Å². The minimum Gasteiger partial charge on any atom is -0.318 e. The number of hydrogen-bond donors (Lipinski definition) is 3. The van der Waals surface area contributed by atoms with Gasteiger partial charge in [-0.2, -0.15) is 26.3 Å². The molecule has 2 aromatic rings. The van der Waals surface area contributed by atoms with E-state index in [2.05, 4.69) is 0 Å². The molecule has 2 amide bonds. The summed E-state index contributed by atoms with van der Waals surface area (Å²) in [5.74, 6) is -4.26. The SMILES string of the molecule is CC.CC.CNS(=O)(=O)c1ccc(NC(=O)C(F)(F)F)cc1.O=C(Nc1ccc(S(=O)(=O)Cl)cc1)C(F)(F)F. The molecule has 0 unspecified atom stereocenters. The third-order valence-electron chi connectivity index (χ3n) is 3.60. The van der Waals surface area contributed by atoms with Gasteiger partial charge in [0.25, 0.3) is 9.05 Å². The van der Waals surface area contributed by atoms with Crippen LogP contribution < -0.4 is 15.4 Å². The number of carbonyl (C=O) groups excluding carboxylic acids is 2. The molecule has 0 radical (unpaired) electrons. The third-order valence-corrected chi connectivity index (χ3v) is 6.40. The normalized spacial score (nSPS) is 11.3. The van der Waals surface area contributed by atoms with E-state index in [9.17, 15) is 52.8 Å². The molecule has 39 heavy (non-hydrogen) atoms. The standard InChI is InChI=1S/C9H9F3N2O3S.C8H5ClF3NO3S.2C2H6/c1-13-18(16,17)7-4-2-6(3-5-7)14-8(15)9(10,11)12;9-17(15,16)6-3-1-5(2-4-6)13-7(14)8(10,11)12;2*1-2/h2-5,13H,1H3,(H,14,15);1-4H,(H,13,14);2*1-2H3. The molecule has 0 aliphatic rings. The van der Waals surface area contributed by atoms with E-state index in [1.165, 1.54) is 7.05 Å². The molecule has 2 aromatic carbocycles. The van der Waals surface area contributed by atoms with Gasteiger partial charge in [0.05, 0.1) is 9.79 Å². The Bertz CT molecular complexity index is 1270. The molecule has 18 heteroatoms. The molecule has 0 heterocycles. The van der Waals surface area contributed by atoms with Crippen LogP contribution in [0.5, 0.6) is 0 Å². The Kier molecular flexibility index (Phi) is 16.0. The second-order valence-corrected chi connectivity index (χ2v) is 10.6. The van der Waals surface area contributed by atoms with Crippen molar-refractivity contribution in [1.29, 1.82) is 0 Å². The average Bonchev–Trinajstić information content (AvgIpc) is 2.86. The van der Waals surface area contributed by atoms with Gasteiger partial charge in [-0.1, -0.05) is 27.7 Å². The van der Waals surface area contributed by atoms with Crippen molar-refractivity contribution >= 4 is 52.9 Å². The van der Waals surface area contributed by atoms with E-state index < -0.39 is 43.2 Å². The number of sulfonamides is 1. The number of hydrogen-bond acceptors (Lipinski definition) is 6. The Morgan fingerprint density at radius 2 is 0.923 bits per heavy atom. The highest BCUT2D eigenvalue weighted by Crippen LogP contribution is 2.21. The fourth-order valence-corrected chi connectivity index (χ4v) is 3.44. The van der Waals surface area contributed by atoms with Crippen molar-refractivity contribution in [3.8, 4) is 0 Å². The minimum absolute atomic E-state index is 0.116. The van der Waals surface area contributed by atoms with Gasteiger partial charge in [0.1, 0.15) is 0 Å². The van der Waals surface area contributed by atoms with Gasteiger partial charge in [0.2, 0.25) is 10.0 Å². The van der Waals surface area contributed by atoms with Gasteiger partial charge in [-0.25, -0.2) is 21.6 Å². The number of halogens is 7. The molecule has 9 nitrogen and oxygen atoms in total. The van der Waals surface area contributed by atoms with Crippen molar-refractivity contribution in [3.63, 3.8) is 0 Å². The first-order chi connectivity index (χ1) is 17.8. The molecule has 0 aliphatic carbocycles. The van der Waals surface area contributed by atoms with Gasteiger partial charge < -0.3 is 10.6 Å². The Labute approximate surface area is 226 Å². The lowest BCUT2D eigenvalue weighted by Crippen LogP contribution is -2.29. The predicted molar refractivity (Wildman–Crippen MR) is 134 cm³/mol. The molecule has 0 saturated heterocycles. The molecule has 0 bridgehead atoms. The zero-order valence-electron chi connectivity index (χ0n) is 21.0. The number of benzene rings is 2. The van der Waals surface area contributed by atoms with Crippen LogP contribution in [0.2, 0.25) is 0 Å². The van der Waals surface area contributed by atoms with Gasteiger partial charge in [-0.05, 0) is 55.6 Å². The van der Waals surface area contributed by atoms with Crippen molar-refractivity contribution in [3.05, 3.63) is 48.5 Å². The summed E-state index contributed by atoms with van der Waals surface area (Å²) < 4.78 is 118. The van der Waals surface area contributed by atoms with Crippen molar-refractivity contribution in [2.24, 2.45) is 0 Å². The fourth-order valence-electron chi connectivity index (χ4n) is 1.94.